The van der Waals surface area contributed by atoms with Gasteiger partial charge in [0, 0.05) is 25.9 Å². The van der Waals surface area contributed by atoms with Gasteiger partial charge in [-0.15, -0.1) is 0 Å². The van der Waals surface area contributed by atoms with E-state index in [-0.39, 0.29) is 45.2 Å². The Hall–Kier alpha value is -7.56. The highest BCUT2D eigenvalue weighted by Crippen LogP contribution is 2.24. The van der Waals surface area contributed by atoms with Gasteiger partial charge in [0.15, 0.2) is 6.10 Å². The molecule has 28 nitrogen and oxygen atoms in total. The highest BCUT2D eigenvalue weighted by Gasteiger charge is 2.43. The monoisotopic (exact) mass is 1200 g/mol. The molecule has 28 heteroatoms. The predicted octanol–water partition coefficient (Wildman–Crippen LogP) is -3.60. The Morgan fingerprint density at radius 2 is 1.26 bits per heavy atom. The van der Waals surface area contributed by atoms with Gasteiger partial charge in [-0.1, -0.05) is 96.7 Å². The average Bonchev–Trinajstić information content (AvgIpc) is 3.52. The summed E-state index contributed by atoms with van der Waals surface area (Å²) in [7, 11) is 0. The van der Waals surface area contributed by atoms with Gasteiger partial charge in [-0.25, -0.2) is 0 Å². The minimum Gasteiger partial charge on any atom is -0.394 e. The van der Waals surface area contributed by atoms with Crippen molar-refractivity contribution in [2.45, 2.75) is 192 Å². The van der Waals surface area contributed by atoms with Gasteiger partial charge in [0.1, 0.15) is 54.0 Å². The van der Waals surface area contributed by atoms with Gasteiger partial charge in [-0.2, -0.15) is 0 Å². The number of allylic oxidation sites excluding steroid dienone is 1. The molecule has 0 unspecified atom stereocenters. The molecule has 4 rings (SSSR count). The Labute approximate surface area is 494 Å². The molecule has 15 N–H and O–H groups in total. The molecule has 3 saturated heterocycles. The van der Waals surface area contributed by atoms with Crippen LogP contribution in [0.1, 0.15) is 124 Å². The summed E-state index contributed by atoms with van der Waals surface area (Å²) in [5.74, 6) is -12.5. The largest absolute Gasteiger partial charge is 0.394 e. The molecule has 85 heavy (non-hydrogen) atoms. The zero-order valence-corrected chi connectivity index (χ0v) is 49.4. The molecule has 12 atom stereocenters. The number of primary amides is 1. The second kappa shape index (κ2) is 34.4. The van der Waals surface area contributed by atoms with Crippen LogP contribution in [-0.2, 0) is 64.0 Å². The smallest absolute Gasteiger partial charge is 0.268 e. The third-order valence-electron chi connectivity index (χ3n) is 15.4. The van der Waals surface area contributed by atoms with E-state index >= 15 is 0 Å². The van der Waals surface area contributed by atoms with Crippen molar-refractivity contribution in [1.29, 1.82) is 0 Å². The molecule has 3 aliphatic rings. The number of carbonyl (C=O) groups is 12. The molecule has 0 aliphatic carbocycles. The Balaban J connectivity index is 1.76. The molecule has 3 aliphatic heterocycles. The molecule has 0 bridgehead atoms. The molecule has 0 radical (unpaired) electrons. The number of nitrogens with zero attached hydrogens (tertiary/aromatic N) is 2. The molecule has 0 saturated carbocycles. The van der Waals surface area contributed by atoms with Crippen molar-refractivity contribution in [3.8, 4) is 0 Å². The summed E-state index contributed by atoms with van der Waals surface area (Å²) in [5, 5.41) is 66.0. The summed E-state index contributed by atoms with van der Waals surface area (Å²) in [6.45, 7) is 7.14. The summed E-state index contributed by atoms with van der Waals surface area (Å²) in [6, 6.07) is -4.65. The van der Waals surface area contributed by atoms with Crippen LogP contribution in [0.2, 0.25) is 0 Å². The van der Waals surface area contributed by atoms with E-state index in [4.69, 9.17) is 5.73 Å². The normalized spacial score (nSPS) is 27.6. The first-order chi connectivity index (χ1) is 40.4. The molecular weight excluding hydrogens is 1110 g/mol. The van der Waals surface area contributed by atoms with Crippen LogP contribution in [0.15, 0.2) is 42.1 Å². The zero-order valence-electron chi connectivity index (χ0n) is 49.4. The quantitative estimate of drug-likeness (QED) is 0.0562. The molecule has 0 spiro atoms. The Morgan fingerprint density at radius 3 is 1.86 bits per heavy atom. The minimum atomic E-state index is -2.17. The van der Waals surface area contributed by atoms with Gasteiger partial charge in [0.05, 0.1) is 31.9 Å². The maximum absolute atomic E-state index is 14.5. The van der Waals surface area contributed by atoms with E-state index in [0.29, 0.717) is 31.2 Å². The molecule has 0 aromatic heterocycles. The second-order valence-corrected chi connectivity index (χ2v) is 22.2. The fraction of sp³-hybridized carbons (Fsp3) is 0.649. The first-order valence-corrected chi connectivity index (χ1v) is 29.3. The number of hydrogen-bond acceptors (Lipinski definition) is 16. The summed E-state index contributed by atoms with van der Waals surface area (Å²) in [6.07, 6.45) is -0.123. The fourth-order valence-corrected chi connectivity index (χ4v) is 10.2. The van der Waals surface area contributed by atoms with Crippen molar-refractivity contribution >= 4 is 70.9 Å². The van der Waals surface area contributed by atoms with Crippen molar-refractivity contribution < 1.29 is 78.0 Å². The van der Waals surface area contributed by atoms with E-state index in [1.165, 1.54) is 16.7 Å². The third-order valence-corrected chi connectivity index (χ3v) is 15.4. The van der Waals surface area contributed by atoms with E-state index in [1.807, 2.05) is 6.92 Å². The number of fused-ring (bicyclic) bond motifs is 2. The molecule has 1 aromatic rings. The Morgan fingerprint density at radius 1 is 0.682 bits per heavy atom. The average molecular weight is 1200 g/mol. The fourth-order valence-electron chi connectivity index (χ4n) is 10.2. The van der Waals surface area contributed by atoms with Crippen LogP contribution in [0.4, 0.5) is 0 Å². The maximum Gasteiger partial charge on any atom is 0.268 e. The number of amides is 12. The van der Waals surface area contributed by atoms with Crippen LogP contribution >= 0.6 is 0 Å². The van der Waals surface area contributed by atoms with E-state index in [2.05, 4.69) is 47.9 Å². The highest BCUT2D eigenvalue weighted by molar-refractivity contribution is 6.03. The number of hydrogen-bond donors (Lipinski definition) is 14. The topological polar surface area (TPSA) is 427 Å². The molecule has 1 aromatic carbocycles. The van der Waals surface area contributed by atoms with Gasteiger partial charge in [0.25, 0.3) is 11.8 Å². The molecule has 3 heterocycles. The van der Waals surface area contributed by atoms with Crippen molar-refractivity contribution in [3.63, 3.8) is 0 Å². The van der Waals surface area contributed by atoms with E-state index in [0.717, 1.165) is 18.9 Å². The number of rotatable bonds is 16. The van der Waals surface area contributed by atoms with Gasteiger partial charge in [-0.3, -0.25) is 57.5 Å². The van der Waals surface area contributed by atoms with Crippen LogP contribution in [0.25, 0.3) is 0 Å². The van der Waals surface area contributed by atoms with Gasteiger partial charge >= 0.3 is 0 Å². The number of carbonyl (C=O) groups excluding carboxylic acids is 12. The van der Waals surface area contributed by atoms with Crippen molar-refractivity contribution in [2.24, 2.45) is 17.6 Å². The van der Waals surface area contributed by atoms with Gasteiger partial charge in [-0.05, 0) is 69.3 Å². The van der Waals surface area contributed by atoms with Crippen LogP contribution in [0.3, 0.4) is 0 Å². The van der Waals surface area contributed by atoms with E-state index < -0.39 is 188 Å². The lowest BCUT2D eigenvalue weighted by Gasteiger charge is -2.33. The number of nitrogens with two attached hydrogens (primary N) is 1. The van der Waals surface area contributed by atoms with Crippen LogP contribution in [0.5, 0.6) is 0 Å². The number of unbranched alkanes of at least 4 members (excludes halogenated alkanes) is 2. The summed E-state index contributed by atoms with van der Waals surface area (Å²) < 4.78 is 0. The lowest BCUT2D eigenvalue weighted by atomic mass is 9.96. The lowest BCUT2D eigenvalue weighted by molar-refractivity contribution is -0.144. The highest BCUT2D eigenvalue weighted by atomic mass is 16.3. The second-order valence-electron chi connectivity index (χ2n) is 22.2. The molecular formula is C57H88N12O16. The van der Waals surface area contributed by atoms with Crippen LogP contribution in [0, 0.1) is 11.8 Å². The molecule has 472 valence electrons. The number of benzene rings is 1. The van der Waals surface area contributed by atoms with Crippen LogP contribution < -0.4 is 53.6 Å². The SMILES string of the molecule is C/C=C1\NC(=O)[C@H](CO)NC(=O)[C@@H](C(C)C)NC(=O)[C@H](Cc2ccccc2)NC(=O)[C@@H]2CCCN2C(=O)CNC(=O)[C@@H](CCC(N)=O)NC(=O)[C@H](O)[C@@H](C[C@@H](O)CCCCC)NC(=O)[C@@H]2CCCN2C(=O)[C@@H]([C@@H](C)CC)NC(=O)[C@H](CO)NC1=O. The van der Waals surface area contributed by atoms with Crippen molar-refractivity contribution in [1.82, 2.24) is 57.7 Å². The van der Waals surface area contributed by atoms with Crippen LogP contribution in [-0.4, -0.2) is 201 Å². The standard InChI is InChI=1S/C57H88N12O16/c1-7-10-12-19-34(72)27-37-47(75)56(84)61-36(22-23-43(58)73)48(76)59-28-44(74)68-24-15-20-41(68)53(81)63-38(26-33-17-13-11-14-18-33)50(78)66-45(31(4)5)55(83)65-39(29-70)51(79)60-35(9-3)49(77)64-40(30-71)52(80)67-46(32(6)8-2)57(85)69-25-16-21-42(69)54(82)62-37/h9,11,13-14,17-18,31-32,34,36-42,45-47,70-72,75H,7-8,10,12,15-16,19-30H2,1-6H3,(H2,58,73)(H,59,76)(H,60,79)(H,61,84)(H,62,82)(H,63,81)(H,64,77)(H,65,83)(H,66,78)(H,67,80)/b35-9-/t32-,34-,36+,37+,38-,39-,40-,41-,42-,45+,46+,47+/m0/s1. The first kappa shape index (κ1) is 69.9. The molecule has 12 amide bonds. The zero-order chi connectivity index (χ0) is 63.1. The van der Waals surface area contributed by atoms with E-state index in [9.17, 15) is 78.0 Å². The summed E-state index contributed by atoms with van der Waals surface area (Å²) >= 11 is 0. The first-order valence-electron chi connectivity index (χ1n) is 29.3. The Bertz CT molecular complexity index is 2550. The third kappa shape index (κ3) is 20.6. The number of aliphatic hydroxyl groups excluding tert-OH is 4. The van der Waals surface area contributed by atoms with Gasteiger partial charge in [0.2, 0.25) is 59.1 Å². The van der Waals surface area contributed by atoms with Crippen molar-refractivity contribution in [2.75, 3.05) is 32.8 Å². The summed E-state index contributed by atoms with van der Waals surface area (Å²) in [4.78, 5) is 169. The maximum atomic E-state index is 14.5. The van der Waals surface area contributed by atoms with Gasteiger partial charge < -0.3 is 83.8 Å². The number of aliphatic hydroxyl groups is 4. The Kier molecular flexibility index (Phi) is 28.3. The lowest BCUT2D eigenvalue weighted by Crippen LogP contribution is -2.61. The minimum absolute atomic E-state index is 0.0135. The number of nitrogens with one attached hydrogen (secondary N) is 9. The molecule has 3 fully saturated rings. The van der Waals surface area contributed by atoms with E-state index in [1.54, 1.807) is 58.0 Å². The summed E-state index contributed by atoms with van der Waals surface area (Å²) in [5.41, 5.74) is 5.53. The predicted molar refractivity (Wildman–Crippen MR) is 306 cm³/mol. The van der Waals surface area contributed by atoms with Crippen molar-refractivity contribution in [3.05, 3.63) is 47.7 Å².